The van der Waals surface area contributed by atoms with Crippen molar-refractivity contribution >= 4 is 17.4 Å². The van der Waals surface area contributed by atoms with Crippen molar-refractivity contribution in [2.45, 2.75) is 6.42 Å². The molecule has 7 heteroatoms. The normalized spacial score (nSPS) is 10.4. The van der Waals surface area contributed by atoms with Crippen LogP contribution < -0.4 is 15.4 Å². The maximum Gasteiger partial charge on any atom is 0.252 e. The Morgan fingerprint density at radius 2 is 1.82 bits per heavy atom. The van der Waals surface area contributed by atoms with Gasteiger partial charge in [0.05, 0.1) is 12.7 Å². The van der Waals surface area contributed by atoms with Crippen molar-refractivity contribution < 1.29 is 18.3 Å². The number of hydrogen-bond donors (Lipinski definition) is 2. The van der Waals surface area contributed by atoms with Crippen LogP contribution in [0.1, 0.15) is 15.9 Å². The highest BCUT2D eigenvalue weighted by Crippen LogP contribution is 2.17. The van der Waals surface area contributed by atoms with Crippen LogP contribution in [0.15, 0.2) is 60.8 Å². The molecule has 0 aliphatic carbocycles. The Morgan fingerprint density at radius 1 is 1.04 bits per heavy atom. The molecule has 0 unspecified atom stereocenters. The molecule has 0 saturated heterocycles. The lowest BCUT2D eigenvalue weighted by molar-refractivity contribution is 0.0954. The molecule has 0 radical (unpaired) electrons. The SMILES string of the molecule is COc1ccc(CCNC(=O)c2ccc(Nc3ccc(F)c(F)c3)nc2)cc1. The van der Waals surface area contributed by atoms with Gasteiger partial charge in [-0.3, -0.25) is 4.79 Å². The second kappa shape index (κ2) is 8.94. The number of carbonyl (C=O) groups is 1. The topological polar surface area (TPSA) is 63.2 Å². The maximum absolute atomic E-state index is 13.2. The van der Waals surface area contributed by atoms with E-state index in [1.807, 2.05) is 24.3 Å². The number of carbonyl (C=O) groups excluding carboxylic acids is 1. The summed E-state index contributed by atoms with van der Waals surface area (Å²) in [6.07, 6.45) is 2.11. The summed E-state index contributed by atoms with van der Waals surface area (Å²) in [5.41, 5.74) is 1.86. The van der Waals surface area contributed by atoms with Gasteiger partial charge in [0.15, 0.2) is 11.6 Å². The molecule has 144 valence electrons. The number of pyridine rings is 1. The molecule has 0 aliphatic rings. The molecule has 0 spiro atoms. The Balaban J connectivity index is 1.52. The first-order valence-corrected chi connectivity index (χ1v) is 8.64. The maximum atomic E-state index is 13.2. The lowest BCUT2D eigenvalue weighted by Crippen LogP contribution is -2.25. The number of benzene rings is 2. The van der Waals surface area contributed by atoms with Gasteiger partial charge in [-0.1, -0.05) is 12.1 Å². The molecule has 28 heavy (non-hydrogen) atoms. The smallest absolute Gasteiger partial charge is 0.252 e. The van der Waals surface area contributed by atoms with E-state index in [4.69, 9.17) is 4.74 Å². The quantitative estimate of drug-likeness (QED) is 0.645. The van der Waals surface area contributed by atoms with E-state index < -0.39 is 11.6 Å². The van der Waals surface area contributed by atoms with Crippen molar-refractivity contribution in [1.82, 2.24) is 10.3 Å². The summed E-state index contributed by atoms with van der Waals surface area (Å²) in [5.74, 6) is -0.893. The van der Waals surface area contributed by atoms with Gasteiger partial charge < -0.3 is 15.4 Å². The third-order valence-corrected chi connectivity index (χ3v) is 4.08. The lowest BCUT2D eigenvalue weighted by atomic mass is 10.1. The van der Waals surface area contributed by atoms with Gasteiger partial charge in [-0.2, -0.15) is 0 Å². The number of ether oxygens (including phenoxy) is 1. The Morgan fingerprint density at radius 3 is 2.46 bits per heavy atom. The first kappa shape index (κ1) is 19.3. The van der Waals surface area contributed by atoms with E-state index in [2.05, 4.69) is 15.6 Å². The van der Waals surface area contributed by atoms with Gasteiger partial charge in [0, 0.05) is 24.5 Å². The average Bonchev–Trinajstić information content (AvgIpc) is 2.72. The summed E-state index contributed by atoms with van der Waals surface area (Å²) in [6, 6.07) is 14.3. The summed E-state index contributed by atoms with van der Waals surface area (Å²) in [5, 5.41) is 5.69. The van der Waals surface area contributed by atoms with Gasteiger partial charge in [-0.05, 0) is 48.4 Å². The molecule has 2 aromatic carbocycles. The zero-order valence-corrected chi connectivity index (χ0v) is 15.2. The fourth-order valence-corrected chi connectivity index (χ4v) is 2.54. The van der Waals surface area contributed by atoms with Gasteiger partial charge in [-0.15, -0.1) is 0 Å². The van der Waals surface area contributed by atoms with Gasteiger partial charge >= 0.3 is 0 Å². The molecule has 3 aromatic rings. The van der Waals surface area contributed by atoms with Crippen LogP contribution in [0.25, 0.3) is 0 Å². The molecule has 1 amide bonds. The molecule has 1 heterocycles. The summed E-state index contributed by atoms with van der Waals surface area (Å²) < 4.78 is 31.3. The Bertz CT molecular complexity index is 945. The number of aromatic nitrogens is 1. The van der Waals surface area contributed by atoms with Gasteiger partial charge in [0.2, 0.25) is 0 Å². The second-order valence-corrected chi connectivity index (χ2v) is 6.04. The molecule has 0 fully saturated rings. The minimum Gasteiger partial charge on any atom is -0.497 e. The van der Waals surface area contributed by atoms with Crippen LogP contribution in [0.5, 0.6) is 5.75 Å². The molecule has 0 aliphatic heterocycles. The largest absolute Gasteiger partial charge is 0.497 e. The van der Waals surface area contributed by atoms with E-state index in [1.165, 1.54) is 12.3 Å². The minimum absolute atomic E-state index is 0.236. The molecular formula is C21H19F2N3O2. The predicted molar refractivity (Wildman–Crippen MR) is 103 cm³/mol. The highest BCUT2D eigenvalue weighted by atomic mass is 19.2. The molecule has 0 saturated carbocycles. The molecule has 3 rings (SSSR count). The van der Waals surface area contributed by atoms with Crippen molar-refractivity contribution in [3.05, 3.63) is 83.6 Å². The zero-order chi connectivity index (χ0) is 19.9. The number of halogens is 2. The highest BCUT2D eigenvalue weighted by Gasteiger charge is 2.07. The van der Waals surface area contributed by atoms with E-state index in [0.29, 0.717) is 30.0 Å². The number of nitrogens with one attached hydrogen (secondary N) is 2. The van der Waals surface area contributed by atoms with Crippen LogP contribution in [0, 0.1) is 11.6 Å². The Labute approximate surface area is 161 Å². The summed E-state index contributed by atoms with van der Waals surface area (Å²) in [4.78, 5) is 16.3. The van der Waals surface area contributed by atoms with E-state index in [9.17, 15) is 13.6 Å². The van der Waals surface area contributed by atoms with E-state index in [-0.39, 0.29) is 5.91 Å². The Kier molecular flexibility index (Phi) is 6.16. The zero-order valence-electron chi connectivity index (χ0n) is 15.2. The van der Waals surface area contributed by atoms with Gasteiger partial charge in [-0.25, -0.2) is 13.8 Å². The Hall–Kier alpha value is -3.48. The van der Waals surface area contributed by atoms with Crippen molar-refractivity contribution in [2.24, 2.45) is 0 Å². The molecule has 2 N–H and O–H groups in total. The van der Waals surface area contributed by atoms with Crippen LogP contribution in [0.2, 0.25) is 0 Å². The minimum atomic E-state index is -0.946. The van der Waals surface area contributed by atoms with Crippen molar-refractivity contribution in [2.75, 3.05) is 19.0 Å². The van der Waals surface area contributed by atoms with Crippen LogP contribution in [-0.4, -0.2) is 24.5 Å². The number of nitrogens with zero attached hydrogens (tertiary/aromatic N) is 1. The number of rotatable bonds is 7. The van der Waals surface area contributed by atoms with E-state index in [0.717, 1.165) is 23.4 Å². The molecule has 1 aromatic heterocycles. The fraction of sp³-hybridized carbons (Fsp3) is 0.143. The standard InChI is InChI=1S/C21H19F2N3O2/c1-28-17-6-2-14(3-7-17)10-11-24-21(27)15-4-9-20(25-13-15)26-16-5-8-18(22)19(23)12-16/h2-9,12-13H,10-11H2,1H3,(H,24,27)(H,25,26). The number of hydrogen-bond acceptors (Lipinski definition) is 4. The van der Waals surface area contributed by atoms with Crippen LogP contribution in [0.3, 0.4) is 0 Å². The number of amides is 1. The van der Waals surface area contributed by atoms with Crippen LogP contribution in [0.4, 0.5) is 20.3 Å². The number of anilines is 2. The summed E-state index contributed by atoms with van der Waals surface area (Å²) in [6.45, 7) is 0.486. The summed E-state index contributed by atoms with van der Waals surface area (Å²) in [7, 11) is 1.61. The third-order valence-electron chi connectivity index (χ3n) is 4.08. The monoisotopic (exact) mass is 383 g/mol. The molecule has 5 nitrogen and oxygen atoms in total. The van der Waals surface area contributed by atoms with Crippen LogP contribution in [-0.2, 0) is 6.42 Å². The van der Waals surface area contributed by atoms with Crippen molar-refractivity contribution in [3.8, 4) is 5.75 Å². The average molecular weight is 383 g/mol. The summed E-state index contributed by atoms with van der Waals surface area (Å²) >= 11 is 0. The second-order valence-electron chi connectivity index (χ2n) is 6.04. The van der Waals surface area contributed by atoms with E-state index >= 15 is 0 Å². The fourth-order valence-electron chi connectivity index (χ4n) is 2.54. The van der Waals surface area contributed by atoms with Gasteiger partial charge in [0.25, 0.3) is 5.91 Å². The van der Waals surface area contributed by atoms with Crippen LogP contribution >= 0.6 is 0 Å². The van der Waals surface area contributed by atoms with Gasteiger partial charge in [0.1, 0.15) is 11.6 Å². The lowest BCUT2D eigenvalue weighted by Gasteiger charge is -2.08. The van der Waals surface area contributed by atoms with E-state index in [1.54, 1.807) is 19.2 Å². The van der Waals surface area contributed by atoms with Crippen molar-refractivity contribution in [3.63, 3.8) is 0 Å². The molecular weight excluding hydrogens is 364 g/mol. The number of methoxy groups -OCH3 is 1. The highest BCUT2D eigenvalue weighted by molar-refractivity contribution is 5.94. The molecule has 0 atom stereocenters. The predicted octanol–water partition coefficient (Wildman–Crippen LogP) is 4.08. The van der Waals surface area contributed by atoms with Crippen molar-refractivity contribution in [1.29, 1.82) is 0 Å². The first-order chi connectivity index (χ1) is 13.5. The first-order valence-electron chi connectivity index (χ1n) is 8.64. The third kappa shape index (κ3) is 5.03. The molecule has 0 bridgehead atoms.